The number of hydrogen-bond donors (Lipinski definition) is 1. The van der Waals surface area contributed by atoms with Crippen LogP contribution in [0.25, 0.3) is 0 Å². The van der Waals surface area contributed by atoms with Gasteiger partial charge in [0.1, 0.15) is 0 Å². The number of nitrogens with one attached hydrogen (secondary N) is 1. The molecule has 1 aromatic carbocycles. The summed E-state index contributed by atoms with van der Waals surface area (Å²) >= 11 is 5.94. The van der Waals surface area contributed by atoms with Crippen molar-refractivity contribution in [3.8, 4) is 0 Å². The number of likely N-dealkylation sites (tertiary alicyclic amines) is 1. The molecular weight excluding hydrogens is 372 g/mol. The van der Waals surface area contributed by atoms with Crippen molar-refractivity contribution in [2.75, 3.05) is 32.8 Å². The summed E-state index contributed by atoms with van der Waals surface area (Å²) in [6, 6.07) is 7.41. The van der Waals surface area contributed by atoms with E-state index < -0.39 is 0 Å². The lowest BCUT2D eigenvalue weighted by Gasteiger charge is -2.39. The Morgan fingerprint density at radius 1 is 1.21 bits per heavy atom. The number of halogens is 1. The average Bonchev–Trinajstić information content (AvgIpc) is 2.70. The van der Waals surface area contributed by atoms with Gasteiger partial charge < -0.3 is 15.0 Å². The van der Waals surface area contributed by atoms with Crippen LogP contribution in [0, 0.1) is 11.8 Å². The second-order valence-corrected chi connectivity index (χ2v) is 8.66. The summed E-state index contributed by atoms with van der Waals surface area (Å²) in [5.74, 6) is 1.15. The number of ether oxygens (including phenoxy) is 1. The Labute approximate surface area is 174 Å². The first kappa shape index (κ1) is 21.4. The summed E-state index contributed by atoms with van der Waals surface area (Å²) < 4.78 is 5.68. The Bertz CT molecular complexity index is 634. The summed E-state index contributed by atoms with van der Waals surface area (Å²) in [5.41, 5.74) is 0.686. The van der Waals surface area contributed by atoms with Gasteiger partial charge in [-0.2, -0.15) is 0 Å². The SMILES string of the molecule is C=CCOCC1CCCN(C[C@@H]2CCCCC2NC(=O)c2ccc(Cl)cc2)C1. The minimum atomic E-state index is 0.0166. The number of benzene rings is 1. The van der Waals surface area contributed by atoms with E-state index in [-0.39, 0.29) is 11.9 Å². The first-order valence-electron chi connectivity index (χ1n) is 10.6. The molecule has 2 unspecified atom stereocenters. The van der Waals surface area contributed by atoms with Crippen molar-refractivity contribution in [1.29, 1.82) is 0 Å². The molecule has 1 aromatic rings. The van der Waals surface area contributed by atoms with Crippen LogP contribution in [0.15, 0.2) is 36.9 Å². The van der Waals surface area contributed by atoms with E-state index in [0.717, 1.165) is 32.7 Å². The number of carbonyl (C=O) groups is 1. The van der Waals surface area contributed by atoms with Crippen molar-refractivity contribution in [1.82, 2.24) is 10.2 Å². The zero-order valence-corrected chi connectivity index (χ0v) is 17.5. The summed E-state index contributed by atoms with van der Waals surface area (Å²) in [6.07, 6.45) is 9.02. The molecule has 0 aromatic heterocycles. The second-order valence-electron chi connectivity index (χ2n) is 8.23. The highest BCUT2D eigenvalue weighted by molar-refractivity contribution is 6.30. The lowest BCUT2D eigenvalue weighted by Crippen LogP contribution is -2.48. The van der Waals surface area contributed by atoms with Crippen LogP contribution in [-0.4, -0.2) is 49.7 Å². The van der Waals surface area contributed by atoms with Crippen molar-refractivity contribution in [3.63, 3.8) is 0 Å². The molecule has 28 heavy (non-hydrogen) atoms. The van der Waals surface area contributed by atoms with Gasteiger partial charge in [-0.1, -0.05) is 30.5 Å². The van der Waals surface area contributed by atoms with Gasteiger partial charge in [0, 0.05) is 29.7 Å². The van der Waals surface area contributed by atoms with Gasteiger partial charge in [0.15, 0.2) is 0 Å². The van der Waals surface area contributed by atoms with Crippen molar-refractivity contribution in [3.05, 3.63) is 47.5 Å². The summed E-state index contributed by atoms with van der Waals surface area (Å²) in [6.45, 7) is 8.51. The molecule has 2 aliphatic rings. The third-order valence-corrected chi connectivity index (χ3v) is 6.27. The fourth-order valence-corrected chi connectivity index (χ4v) is 4.70. The maximum Gasteiger partial charge on any atom is 0.251 e. The summed E-state index contributed by atoms with van der Waals surface area (Å²) in [4.78, 5) is 15.3. The van der Waals surface area contributed by atoms with Crippen molar-refractivity contribution < 1.29 is 9.53 Å². The Kier molecular flexibility index (Phi) is 8.38. The molecule has 2 fully saturated rings. The lowest BCUT2D eigenvalue weighted by atomic mass is 9.83. The normalized spacial score (nSPS) is 26.0. The smallest absolute Gasteiger partial charge is 0.251 e. The van der Waals surface area contributed by atoms with Crippen LogP contribution in [0.4, 0.5) is 0 Å². The standard InChI is InChI=1S/C23H33ClN2O2/c1-2-14-28-17-18-6-5-13-26(15-18)16-20-7-3-4-8-22(20)25-23(27)19-9-11-21(24)12-10-19/h2,9-12,18,20,22H,1,3-8,13-17H2,(H,25,27)/t18?,20-,22?/m0/s1. The average molecular weight is 405 g/mol. The molecule has 3 rings (SSSR count). The molecule has 1 aliphatic carbocycles. The number of hydrogen-bond acceptors (Lipinski definition) is 3. The van der Waals surface area contributed by atoms with Crippen LogP contribution in [0.1, 0.15) is 48.9 Å². The first-order chi connectivity index (χ1) is 13.7. The van der Waals surface area contributed by atoms with E-state index in [1.807, 2.05) is 6.08 Å². The van der Waals surface area contributed by atoms with Crippen LogP contribution < -0.4 is 5.32 Å². The van der Waals surface area contributed by atoms with E-state index in [1.165, 1.54) is 32.1 Å². The molecule has 0 radical (unpaired) electrons. The fourth-order valence-electron chi connectivity index (χ4n) is 4.57. The number of rotatable bonds is 8. The summed E-state index contributed by atoms with van der Waals surface area (Å²) in [5, 5.41) is 3.96. The van der Waals surface area contributed by atoms with E-state index >= 15 is 0 Å². The quantitative estimate of drug-likeness (QED) is 0.510. The molecule has 0 spiro atoms. The van der Waals surface area contributed by atoms with Crippen molar-refractivity contribution in [2.24, 2.45) is 11.8 Å². The van der Waals surface area contributed by atoms with E-state index in [0.29, 0.717) is 29.0 Å². The Balaban J connectivity index is 1.53. The number of nitrogens with zero attached hydrogens (tertiary/aromatic N) is 1. The number of piperidine rings is 1. The largest absolute Gasteiger partial charge is 0.377 e. The lowest BCUT2D eigenvalue weighted by molar-refractivity contribution is 0.0599. The minimum absolute atomic E-state index is 0.0166. The predicted octanol–water partition coefficient (Wildman–Crippen LogP) is 4.54. The van der Waals surface area contributed by atoms with Crippen molar-refractivity contribution in [2.45, 2.75) is 44.6 Å². The highest BCUT2D eigenvalue weighted by Crippen LogP contribution is 2.27. The topological polar surface area (TPSA) is 41.6 Å². The van der Waals surface area contributed by atoms with Crippen LogP contribution in [0.5, 0.6) is 0 Å². The van der Waals surface area contributed by atoms with Gasteiger partial charge >= 0.3 is 0 Å². The Hall–Kier alpha value is -1.36. The molecule has 1 aliphatic heterocycles. The van der Waals surface area contributed by atoms with Crippen LogP contribution >= 0.6 is 11.6 Å². The zero-order valence-electron chi connectivity index (χ0n) is 16.7. The molecule has 1 saturated heterocycles. The van der Waals surface area contributed by atoms with E-state index in [2.05, 4.69) is 16.8 Å². The molecule has 1 saturated carbocycles. The predicted molar refractivity (Wildman–Crippen MR) is 115 cm³/mol. The van der Waals surface area contributed by atoms with Crippen LogP contribution in [-0.2, 0) is 4.74 Å². The maximum atomic E-state index is 12.7. The third kappa shape index (κ3) is 6.33. The van der Waals surface area contributed by atoms with E-state index in [4.69, 9.17) is 16.3 Å². The molecule has 1 N–H and O–H groups in total. The number of amides is 1. The Morgan fingerprint density at radius 2 is 2.00 bits per heavy atom. The third-order valence-electron chi connectivity index (χ3n) is 6.02. The molecule has 4 nitrogen and oxygen atoms in total. The molecule has 5 heteroatoms. The van der Waals surface area contributed by atoms with Gasteiger partial charge in [-0.25, -0.2) is 0 Å². The van der Waals surface area contributed by atoms with E-state index in [9.17, 15) is 4.79 Å². The van der Waals surface area contributed by atoms with Gasteiger partial charge in [-0.05, 0) is 68.3 Å². The van der Waals surface area contributed by atoms with Gasteiger partial charge in [-0.3, -0.25) is 4.79 Å². The van der Waals surface area contributed by atoms with Gasteiger partial charge in [0.2, 0.25) is 0 Å². The monoisotopic (exact) mass is 404 g/mol. The van der Waals surface area contributed by atoms with Crippen molar-refractivity contribution >= 4 is 17.5 Å². The maximum absolute atomic E-state index is 12.7. The van der Waals surface area contributed by atoms with Gasteiger partial charge in [0.25, 0.3) is 5.91 Å². The summed E-state index contributed by atoms with van der Waals surface area (Å²) in [7, 11) is 0. The molecule has 154 valence electrons. The molecule has 0 bridgehead atoms. The van der Waals surface area contributed by atoms with Crippen LogP contribution in [0.3, 0.4) is 0 Å². The highest BCUT2D eigenvalue weighted by Gasteiger charge is 2.30. The van der Waals surface area contributed by atoms with Gasteiger partial charge in [0.05, 0.1) is 13.2 Å². The van der Waals surface area contributed by atoms with Crippen LogP contribution in [0.2, 0.25) is 5.02 Å². The highest BCUT2D eigenvalue weighted by atomic mass is 35.5. The second kappa shape index (κ2) is 11.0. The molecule has 3 atom stereocenters. The zero-order chi connectivity index (χ0) is 19.8. The fraction of sp³-hybridized carbons (Fsp3) is 0.609. The molecule has 1 amide bonds. The minimum Gasteiger partial charge on any atom is -0.377 e. The Morgan fingerprint density at radius 3 is 2.79 bits per heavy atom. The first-order valence-corrected chi connectivity index (χ1v) is 11.0. The molecular formula is C23H33ClN2O2. The van der Waals surface area contributed by atoms with Gasteiger partial charge in [-0.15, -0.1) is 6.58 Å². The van der Waals surface area contributed by atoms with E-state index in [1.54, 1.807) is 24.3 Å². The molecule has 1 heterocycles. The number of carbonyl (C=O) groups excluding carboxylic acids is 1.